The maximum Gasteiger partial charge on any atom is 0.265 e. The fourth-order valence-corrected chi connectivity index (χ4v) is 4.72. The Balaban J connectivity index is 1.44. The number of thiocarbonyl (C=S) groups is 1. The molecule has 2 fully saturated rings. The van der Waals surface area contributed by atoms with Gasteiger partial charge in [-0.2, -0.15) is 0 Å². The average molecular weight is 409 g/mol. The van der Waals surface area contributed by atoms with E-state index < -0.39 is 0 Å². The third-order valence-corrected chi connectivity index (χ3v) is 6.67. The summed E-state index contributed by atoms with van der Waals surface area (Å²) in [6.07, 6.45) is 2.81. The lowest BCUT2D eigenvalue weighted by atomic mass is 9.99. The Labute approximate surface area is 174 Å². The summed E-state index contributed by atoms with van der Waals surface area (Å²) >= 11 is 6.45. The molecule has 2 saturated heterocycles. The van der Waals surface area contributed by atoms with Crippen molar-refractivity contribution in [3.8, 4) is 0 Å². The van der Waals surface area contributed by atoms with Gasteiger partial charge in [0.25, 0.3) is 11.8 Å². The number of benzene rings is 2. The van der Waals surface area contributed by atoms with Crippen LogP contribution in [-0.2, 0) is 4.79 Å². The molecule has 6 heteroatoms. The zero-order valence-electron chi connectivity index (χ0n) is 15.5. The van der Waals surface area contributed by atoms with Crippen LogP contribution >= 0.6 is 24.0 Å². The van der Waals surface area contributed by atoms with Gasteiger partial charge in [0, 0.05) is 31.6 Å². The third kappa shape index (κ3) is 3.75. The predicted octanol–water partition coefficient (Wildman–Crippen LogP) is 4.15. The maximum atomic E-state index is 12.8. The minimum absolute atomic E-state index is 0.0601. The number of likely N-dealkylation sites (tertiary alicyclic amines) is 1. The Morgan fingerprint density at radius 3 is 2.50 bits per heavy atom. The molecule has 1 atom stereocenters. The summed E-state index contributed by atoms with van der Waals surface area (Å²) in [4.78, 5) is 29.0. The molecule has 2 heterocycles. The van der Waals surface area contributed by atoms with Gasteiger partial charge in [0.05, 0.1) is 4.91 Å². The molecule has 2 aliphatic rings. The Morgan fingerprint density at radius 1 is 1.14 bits per heavy atom. The minimum atomic E-state index is -0.0841. The molecule has 2 amide bonds. The number of thioether (sulfide) groups is 1. The standard InChI is InChI=1S/C22H20N2O2S2/c1-23-21(26)19(28-22(23)27)13-15-7-9-17(10-8-15)20(25)24-12-11-18(14-24)16-5-3-2-4-6-16/h2-10,13,18H,11-12,14H2,1H3/b19-13+. The van der Waals surface area contributed by atoms with Crippen LogP contribution in [0, 0.1) is 0 Å². The Bertz CT molecular complexity index is 954. The van der Waals surface area contributed by atoms with E-state index in [2.05, 4.69) is 12.1 Å². The highest BCUT2D eigenvalue weighted by Gasteiger charge is 2.29. The topological polar surface area (TPSA) is 40.6 Å². The molecule has 0 saturated carbocycles. The van der Waals surface area contributed by atoms with E-state index in [-0.39, 0.29) is 11.8 Å². The maximum absolute atomic E-state index is 12.8. The molecule has 0 aromatic heterocycles. The summed E-state index contributed by atoms with van der Waals surface area (Å²) in [5, 5.41) is 0. The van der Waals surface area contributed by atoms with E-state index in [0.29, 0.717) is 20.7 Å². The first-order valence-electron chi connectivity index (χ1n) is 9.19. The van der Waals surface area contributed by atoms with Crippen LogP contribution in [0.25, 0.3) is 6.08 Å². The van der Waals surface area contributed by atoms with Gasteiger partial charge in [-0.3, -0.25) is 14.5 Å². The van der Waals surface area contributed by atoms with E-state index in [9.17, 15) is 9.59 Å². The summed E-state index contributed by atoms with van der Waals surface area (Å²) in [5.74, 6) is 0.379. The molecular weight excluding hydrogens is 388 g/mol. The second-order valence-corrected chi connectivity index (χ2v) is 8.69. The molecule has 4 rings (SSSR count). The molecule has 0 spiro atoms. The van der Waals surface area contributed by atoms with Crippen molar-refractivity contribution in [2.24, 2.45) is 0 Å². The minimum Gasteiger partial charge on any atom is -0.338 e. The molecule has 4 nitrogen and oxygen atoms in total. The molecule has 2 aromatic carbocycles. The molecule has 0 aliphatic carbocycles. The largest absolute Gasteiger partial charge is 0.338 e. The Hall–Kier alpha value is -2.44. The molecule has 28 heavy (non-hydrogen) atoms. The van der Waals surface area contributed by atoms with E-state index in [4.69, 9.17) is 12.2 Å². The molecule has 142 valence electrons. The number of amides is 2. The second kappa shape index (κ2) is 7.89. The van der Waals surface area contributed by atoms with Gasteiger partial charge in [0.15, 0.2) is 0 Å². The van der Waals surface area contributed by atoms with E-state index in [0.717, 1.165) is 25.1 Å². The van der Waals surface area contributed by atoms with Crippen molar-refractivity contribution in [2.45, 2.75) is 12.3 Å². The lowest BCUT2D eigenvalue weighted by Gasteiger charge is -2.17. The van der Waals surface area contributed by atoms with Crippen LogP contribution in [-0.4, -0.2) is 46.1 Å². The highest BCUT2D eigenvalue weighted by Crippen LogP contribution is 2.31. The number of hydrogen-bond acceptors (Lipinski definition) is 4. The molecule has 2 aromatic rings. The first-order valence-corrected chi connectivity index (χ1v) is 10.4. The quantitative estimate of drug-likeness (QED) is 0.565. The summed E-state index contributed by atoms with van der Waals surface area (Å²) < 4.78 is 0.560. The highest BCUT2D eigenvalue weighted by atomic mass is 32.2. The van der Waals surface area contributed by atoms with Crippen molar-refractivity contribution in [1.82, 2.24) is 9.80 Å². The first kappa shape index (κ1) is 18.9. The highest BCUT2D eigenvalue weighted by molar-refractivity contribution is 8.26. The molecule has 0 bridgehead atoms. The van der Waals surface area contributed by atoms with Crippen molar-refractivity contribution in [3.05, 3.63) is 76.2 Å². The van der Waals surface area contributed by atoms with Gasteiger partial charge in [-0.1, -0.05) is 66.4 Å². The van der Waals surface area contributed by atoms with Gasteiger partial charge in [-0.25, -0.2) is 0 Å². The van der Waals surface area contributed by atoms with Crippen LogP contribution < -0.4 is 0 Å². The van der Waals surface area contributed by atoms with Crippen molar-refractivity contribution < 1.29 is 9.59 Å². The van der Waals surface area contributed by atoms with E-state index >= 15 is 0 Å². The van der Waals surface area contributed by atoms with Crippen molar-refractivity contribution in [1.29, 1.82) is 0 Å². The summed E-state index contributed by atoms with van der Waals surface area (Å²) in [6, 6.07) is 17.8. The van der Waals surface area contributed by atoms with Crippen LogP contribution in [0.15, 0.2) is 59.5 Å². The van der Waals surface area contributed by atoms with Gasteiger partial charge < -0.3 is 4.90 Å². The molecule has 2 aliphatic heterocycles. The number of hydrogen-bond donors (Lipinski definition) is 0. The summed E-state index contributed by atoms with van der Waals surface area (Å²) in [6.45, 7) is 1.53. The van der Waals surface area contributed by atoms with Crippen LogP contribution in [0.1, 0.15) is 33.8 Å². The molecule has 0 N–H and O–H groups in total. The number of likely N-dealkylation sites (N-methyl/N-ethyl adjacent to an activating group) is 1. The third-order valence-electron chi connectivity index (χ3n) is 5.19. The van der Waals surface area contributed by atoms with Crippen molar-refractivity contribution in [2.75, 3.05) is 20.1 Å². The molecule has 1 unspecified atom stereocenters. The van der Waals surface area contributed by atoms with Crippen LogP contribution in [0.3, 0.4) is 0 Å². The van der Waals surface area contributed by atoms with Crippen LogP contribution in [0.2, 0.25) is 0 Å². The van der Waals surface area contributed by atoms with Gasteiger partial charge in [0.1, 0.15) is 4.32 Å². The normalized spacial score (nSPS) is 21.0. The Kier molecular flexibility index (Phi) is 5.33. The van der Waals surface area contributed by atoms with Crippen molar-refractivity contribution >= 4 is 46.2 Å². The fraction of sp³-hybridized carbons (Fsp3) is 0.227. The van der Waals surface area contributed by atoms with Crippen LogP contribution in [0.5, 0.6) is 0 Å². The van der Waals surface area contributed by atoms with E-state index in [1.165, 1.54) is 22.2 Å². The zero-order valence-corrected chi connectivity index (χ0v) is 17.1. The lowest BCUT2D eigenvalue weighted by Crippen LogP contribution is -2.28. The monoisotopic (exact) mass is 408 g/mol. The van der Waals surface area contributed by atoms with Crippen molar-refractivity contribution in [3.63, 3.8) is 0 Å². The number of carbonyl (C=O) groups is 2. The number of carbonyl (C=O) groups excluding carboxylic acids is 2. The Morgan fingerprint density at radius 2 is 1.86 bits per heavy atom. The van der Waals surface area contributed by atoms with Gasteiger partial charge in [0.2, 0.25) is 0 Å². The van der Waals surface area contributed by atoms with Crippen LogP contribution in [0.4, 0.5) is 0 Å². The number of nitrogens with zero attached hydrogens (tertiary/aromatic N) is 2. The SMILES string of the molecule is CN1C(=O)/C(=C\c2ccc(C(=O)N3CCC(c4ccccc4)C3)cc2)SC1=S. The second-order valence-electron chi connectivity index (χ2n) is 7.01. The summed E-state index contributed by atoms with van der Waals surface area (Å²) in [7, 11) is 1.68. The molecule has 0 radical (unpaired) electrons. The van der Waals surface area contributed by atoms with Gasteiger partial charge in [-0.15, -0.1) is 0 Å². The summed E-state index contributed by atoms with van der Waals surface area (Å²) in [5.41, 5.74) is 2.85. The predicted molar refractivity (Wildman–Crippen MR) is 117 cm³/mol. The average Bonchev–Trinajstić information content (AvgIpc) is 3.31. The van der Waals surface area contributed by atoms with E-state index in [1.54, 1.807) is 7.05 Å². The fourth-order valence-electron chi connectivity index (χ4n) is 3.54. The number of rotatable bonds is 3. The lowest BCUT2D eigenvalue weighted by molar-refractivity contribution is -0.121. The van der Waals surface area contributed by atoms with Gasteiger partial charge >= 0.3 is 0 Å². The van der Waals surface area contributed by atoms with E-state index in [1.807, 2.05) is 53.4 Å². The molecular formula is C22H20N2O2S2. The van der Waals surface area contributed by atoms with Gasteiger partial charge in [-0.05, 0) is 35.8 Å². The first-order chi connectivity index (χ1) is 13.5. The smallest absolute Gasteiger partial charge is 0.265 e. The zero-order chi connectivity index (χ0) is 19.7.